The summed E-state index contributed by atoms with van der Waals surface area (Å²) in [6.07, 6.45) is 1.80. The van der Waals surface area contributed by atoms with E-state index in [0.29, 0.717) is 29.7 Å². The summed E-state index contributed by atoms with van der Waals surface area (Å²) in [6.45, 7) is 1.41. The first-order valence-corrected chi connectivity index (χ1v) is 8.83. The number of nitrogens with zero attached hydrogens (tertiary/aromatic N) is 2. The maximum Gasteiger partial charge on any atom is 0.321 e. The van der Waals surface area contributed by atoms with E-state index in [2.05, 4.69) is 10.3 Å². The third-order valence-electron chi connectivity index (χ3n) is 4.69. The van der Waals surface area contributed by atoms with Gasteiger partial charge in [-0.1, -0.05) is 35.9 Å². The van der Waals surface area contributed by atoms with E-state index in [-0.39, 0.29) is 6.03 Å². The Bertz CT molecular complexity index is 866. The number of aromatic amines is 1. The van der Waals surface area contributed by atoms with Crippen LogP contribution in [-0.4, -0.2) is 34.0 Å². The number of urea groups is 1. The molecule has 0 unspecified atom stereocenters. The van der Waals surface area contributed by atoms with Crippen molar-refractivity contribution in [2.75, 3.05) is 18.4 Å². The molecular weight excluding hydrogens is 336 g/mol. The number of amides is 2. The van der Waals surface area contributed by atoms with Crippen molar-refractivity contribution in [3.63, 3.8) is 0 Å². The monoisotopic (exact) mass is 354 g/mol. The second-order valence-electron chi connectivity index (χ2n) is 6.31. The molecule has 128 valence electrons. The number of aromatic nitrogens is 2. The van der Waals surface area contributed by atoms with Crippen molar-refractivity contribution < 1.29 is 4.79 Å². The second-order valence-corrected chi connectivity index (χ2v) is 6.72. The fourth-order valence-corrected chi connectivity index (χ4v) is 3.46. The average Bonchev–Trinajstić information content (AvgIpc) is 3.08. The van der Waals surface area contributed by atoms with E-state index in [0.717, 1.165) is 29.7 Å². The van der Waals surface area contributed by atoms with E-state index >= 15 is 0 Å². The molecule has 6 heteroatoms. The van der Waals surface area contributed by atoms with E-state index in [9.17, 15) is 4.79 Å². The van der Waals surface area contributed by atoms with Crippen LogP contribution in [0.25, 0.3) is 11.0 Å². The first-order chi connectivity index (χ1) is 12.2. The maximum atomic E-state index is 12.4. The van der Waals surface area contributed by atoms with E-state index in [4.69, 9.17) is 16.6 Å². The highest BCUT2D eigenvalue weighted by molar-refractivity contribution is 6.33. The van der Waals surface area contributed by atoms with Crippen LogP contribution in [0.15, 0.2) is 48.5 Å². The Morgan fingerprint density at radius 2 is 1.84 bits per heavy atom. The normalized spacial score (nSPS) is 15.5. The number of benzene rings is 2. The van der Waals surface area contributed by atoms with Gasteiger partial charge in [-0.3, -0.25) is 0 Å². The fraction of sp³-hybridized carbons (Fsp3) is 0.263. The van der Waals surface area contributed by atoms with Gasteiger partial charge < -0.3 is 15.2 Å². The van der Waals surface area contributed by atoms with Gasteiger partial charge in [-0.25, -0.2) is 9.78 Å². The molecule has 25 heavy (non-hydrogen) atoms. The molecule has 0 bridgehead atoms. The number of hydrogen-bond donors (Lipinski definition) is 2. The summed E-state index contributed by atoms with van der Waals surface area (Å²) in [5.74, 6) is 1.38. The van der Waals surface area contributed by atoms with Crippen LogP contribution in [0.5, 0.6) is 0 Å². The highest BCUT2D eigenvalue weighted by Crippen LogP contribution is 2.28. The lowest BCUT2D eigenvalue weighted by molar-refractivity contribution is 0.193. The number of imidazole rings is 1. The van der Waals surface area contributed by atoms with Crippen molar-refractivity contribution in [3.8, 4) is 0 Å². The number of nitrogens with one attached hydrogen (secondary N) is 2. The van der Waals surface area contributed by atoms with Crippen LogP contribution in [0, 0.1) is 0 Å². The minimum atomic E-state index is -0.101. The van der Waals surface area contributed by atoms with Crippen molar-refractivity contribution in [2.45, 2.75) is 18.8 Å². The Hall–Kier alpha value is -2.53. The van der Waals surface area contributed by atoms with Crippen LogP contribution in [0.4, 0.5) is 10.5 Å². The lowest BCUT2D eigenvalue weighted by atomic mass is 9.96. The number of piperidine rings is 1. The van der Waals surface area contributed by atoms with Gasteiger partial charge in [0.1, 0.15) is 5.82 Å². The predicted molar refractivity (Wildman–Crippen MR) is 100 cm³/mol. The Labute approximate surface area is 151 Å². The van der Waals surface area contributed by atoms with Gasteiger partial charge >= 0.3 is 6.03 Å². The molecule has 1 saturated heterocycles. The Morgan fingerprint density at radius 1 is 1.12 bits per heavy atom. The van der Waals surface area contributed by atoms with Crippen LogP contribution in [0.1, 0.15) is 24.6 Å². The highest BCUT2D eigenvalue weighted by atomic mass is 35.5. The molecule has 1 aromatic heterocycles. The zero-order valence-corrected chi connectivity index (χ0v) is 14.5. The predicted octanol–water partition coefficient (Wildman–Crippen LogP) is 4.63. The van der Waals surface area contributed by atoms with Gasteiger partial charge in [0.15, 0.2) is 0 Å². The number of halogens is 1. The lowest BCUT2D eigenvalue weighted by Crippen LogP contribution is -2.40. The molecule has 1 fully saturated rings. The van der Waals surface area contributed by atoms with Gasteiger partial charge in [0, 0.05) is 19.0 Å². The van der Waals surface area contributed by atoms with Crippen LogP contribution in [0.3, 0.4) is 0 Å². The smallest absolute Gasteiger partial charge is 0.321 e. The van der Waals surface area contributed by atoms with E-state index < -0.39 is 0 Å². The Balaban J connectivity index is 1.39. The minimum absolute atomic E-state index is 0.101. The fourth-order valence-electron chi connectivity index (χ4n) is 3.28. The largest absolute Gasteiger partial charge is 0.342 e. The number of carbonyl (C=O) groups is 1. The molecule has 1 aliphatic heterocycles. The number of para-hydroxylation sites is 3. The topological polar surface area (TPSA) is 61.0 Å². The summed E-state index contributed by atoms with van der Waals surface area (Å²) in [6, 6.07) is 15.2. The van der Waals surface area contributed by atoms with Crippen molar-refractivity contribution in [1.82, 2.24) is 14.9 Å². The molecule has 1 aliphatic rings. The zero-order chi connectivity index (χ0) is 17.2. The Kier molecular flexibility index (Phi) is 4.32. The van der Waals surface area contributed by atoms with Crippen LogP contribution in [0.2, 0.25) is 5.02 Å². The number of hydrogen-bond acceptors (Lipinski definition) is 2. The molecule has 4 rings (SSSR count). The molecule has 2 heterocycles. The van der Waals surface area contributed by atoms with Crippen molar-refractivity contribution in [1.29, 1.82) is 0 Å². The van der Waals surface area contributed by atoms with Gasteiger partial charge in [-0.15, -0.1) is 0 Å². The van der Waals surface area contributed by atoms with Gasteiger partial charge in [-0.05, 0) is 37.1 Å². The molecule has 3 aromatic rings. The van der Waals surface area contributed by atoms with Gasteiger partial charge in [-0.2, -0.15) is 0 Å². The molecule has 0 aliphatic carbocycles. The number of fused-ring (bicyclic) bond motifs is 1. The number of likely N-dealkylation sites (tertiary alicyclic amines) is 1. The highest BCUT2D eigenvalue weighted by Gasteiger charge is 2.26. The number of carbonyl (C=O) groups excluding carboxylic acids is 1. The SMILES string of the molecule is O=C(Nc1ccccc1Cl)N1CCC(c2nc3ccccc3[nH]2)CC1. The van der Waals surface area contributed by atoms with E-state index in [1.54, 1.807) is 12.1 Å². The first kappa shape index (κ1) is 16.0. The summed E-state index contributed by atoms with van der Waals surface area (Å²) in [4.78, 5) is 22.4. The van der Waals surface area contributed by atoms with Crippen LogP contribution >= 0.6 is 11.6 Å². The lowest BCUT2D eigenvalue weighted by Gasteiger charge is -2.31. The van der Waals surface area contributed by atoms with Gasteiger partial charge in [0.2, 0.25) is 0 Å². The van der Waals surface area contributed by atoms with Gasteiger partial charge in [0.05, 0.1) is 21.7 Å². The average molecular weight is 355 g/mol. The molecule has 2 amide bonds. The van der Waals surface area contributed by atoms with E-state index in [1.807, 2.05) is 41.3 Å². The quantitative estimate of drug-likeness (QED) is 0.705. The van der Waals surface area contributed by atoms with E-state index in [1.165, 1.54) is 0 Å². The molecule has 0 atom stereocenters. The molecule has 2 aromatic carbocycles. The maximum absolute atomic E-state index is 12.4. The number of anilines is 1. The second kappa shape index (κ2) is 6.76. The third kappa shape index (κ3) is 3.33. The third-order valence-corrected chi connectivity index (χ3v) is 5.02. The van der Waals surface area contributed by atoms with Crippen molar-refractivity contribution in [3.05, 3.63) is 59.4 Å². The molecule has 0 spiro atoms. The number of rotatable bonds is 2. The molecular formula is C19H19ClN4O. The summed E-state index contributed by atoms with van der Waals surface area (Å²) in [5, 5.41) is 3.44. The molecule has 2 N–H and O–H groups in total. The molecule has 0 saturated carbocycles. The summed E-state index contributed by atoms with van der Waals surface area (Å²) < 4.78 is 0. The molecule has 5 nitrogen and oxygen atoms in total. The first-order valence-electron chi connectivity index (χ1n) is 8.46. The summed E-state index contributed by atoms with van der Waals surface area (Å²) in [7, 11) is 0. The summed E-state index contributed by atoms with van der Waals surface area (Å²) >= 11 is 6.10. The Morgan fingerprint density at radius 3 is 2.60 bits per heavy atom. The standard InChI is InChI=1S/C19H19ClN4O/c20-14-5-1-2-6-15(14)23-19(25)24-11-9-13(10-12-24)18-21-16-7-3-4-8-17(16)22-18/h1-8,13H,9-12H2,(H,21,22)(H,23,25). The summed E-state index contributed by atoms with van der Waals surface area (Å²) in [5.41, 5.74) is 2.71. The van der Waals surface area contributed by atoms with Gasteiger partial charge in [0.25, 0.3) is 0 Å². The minimum Gasteiger partial charge on any atom is -0.342 e. The van der Waals surface area contributed by atoms with Crippen molar-refractivity contribution >= 4 is 34.4 Å². The zero-order valence-electron chi connectivity index (χ0n) is 13.7. The van der Waals surface area contributed by atoms with Crippen molar-refractivity contribution in [2.24, 2.45) is 0 Å². The van der Waals surface area contributed by atoms with Crippen LogP contribution in [-0.2, 0) is 0 Å². The van der Waals surface area contributed by atoms with Crippen LogP contribution < -0.4 is 5.32 Å². The number of H-pyrrole nitrogens is 1. The molecule has 0 radical (unpaired) electrons.